The summed E-state index contributed by atoms with van der Waals surface area (Å²) < 4.78 is 50.2. The number of hydrogen-bond donors (Lipinski definition) is 0. The molecule has 1 aliphatic heterocycles. The normalized spacial score (nSPS) is 17.2. The van der Waals surface area contributed by atoms with Crippen LogP contribution in [0.15, 0.2) is 47.6 Å². The average molecular weight is 378 g/mol. The molecule has 2 aromatic carbocycles. The number of sulfonamides is 1. The smallest absolute Gasteiger partial charge is 0.247 e. The van der Waals surface area contributed by atoms with Crippen molar-refractivity contribution in [1.29, 1.82) is 0 Å². The first-order valence-corrected chi connectivity index (χ1v) is 9.73. The van der Waals surface area contributed by atoms with E-state index in [1.165, 1.54) is 13.2 Å². The molecule has 0 saturated heterocycles. The Morgan fingerprint density at radius 2 is 1.88 bits per heavy atom. The van der Waals surface area contributed by atoms with Crippen LogP contribution in [0.5, 0.6) is 11.5 Å². The van der Waals surface area contributed by atoms with Crippen molar-refractivity contribution in [2.45, 2.75) is 12.5 Å². The fourth-order valence-corrected chi connectivity index (χ4v) is 3.87. The molecule has 0 unspecified atom stereocenters. The largest absolute Gasteiger partial charge is 0.497 e. The maximum atomic E-state index is 14.3. The van der Waals surface area contributed by atoms with E-state index >= 15 is 0 Å². The molecule has 0 radical (unpaired) electrons. The lowest BCUT2D eigenvalue weighted by Gasteiger charge is -2.21. The second kappa shape index (κ2) is 6.95. The van der Waals surface area contributed by atoms with Crippen molar-refractivity contribution >= 4 is 15.7 Å². The molecular formula is C18H19FN2O4S. The molecule has 0 spiro atoms. The van der Waals surface area contributed by atoms with Gasteiger partial charge in [0.2, 0.25) is 10.0 Å². The van der Waals surface area contributed by atoms with Gasteiger partial charge in [0, 0.05) is 23.6 Å². The Hall–Kier alpha value is -2.61. The molecule has 2 aromatic rings. The number of hydrazone groups is 1. The number of ether oxygens (including phenoxy) is 2. The van der Waals surface area contributed by atoms with Crippen LogP contribution in [0, 0.1) is 5.82 Å². The summed E-state index contributed by atoms with van der Waals surface area (Å²) in [6.07, 6.45) is 1.29. The summed E-state index contributed by atoms with van der Waals surface area (Å²) in [7, 11) is -0.623. The van der Waals surface area contributed by atoms with E-state index in [1.807, 2.05) is 0 Å². The summed E-state index contributed by atoms with van der Waals surface area (Å²) in [5, 5.41) is 4.27. The fraction of sp³-hybridized carbons (Fsp3) is 0.278. The van der Waals surface area contributed by atoms with Crippen LogP contribution < -0.4 is 9.47 Å². The Balaban J connectivity index is 2.07. The Morgan fingerprint density at radius 3 is 2.50 bits per heavy atom. The van der Waals surface area contributed by atoms with Crippen molar-refractivity contribution in [3.8, 4) is 11.5 Å². The monoisotopic (exact) mass is 378 g/mol. The quantitative estimate of drug-likeness (QED) is 0.802. The van der Waals surface area contributed by atoms with E-state index in [9.17, 15) is 12.8 Å². The Morgan fingerprint density at radius 1 is 1.15 bits per heavy atom. The van der Waals surface area contributed by atoms with Gasteiger partial charge >= 0.3 is 0 Å². The van der Waals surface area contributed by atoms with Gasteiger partial charge in [-0.1, -0.05) is 18.2 Å². The molecule has 0 aromatic heterocycles. The van der Waals surface area contributed by atoms with E-state index in [1.54, 1.807) is 43.5 Å². The van der Waals surface area contributed by atoms with Gasteiger partial charge in [0.15, 0.2) is 0 Å². The van der Waals surface area contributed by atoms with Crippen LogP contribution in [0.1, 0.15) is 23.6 Å². The van der Waals surface area contributed by atoms with E-state index < -0.39 is 21.9 Å². The van der Waals surface area contributed by atoms with Crippen LogP contribution in [0.3, 0.4) is 0 Å². The first-order valence-electron chi connectivity index (χ1n) is 7.89. The zero-order valence-corrected chi connectivity index (χ0v) is 15.5. The van der Waals surface area contributed by atoms with Gasteiger partial charge in [0.05, 0.1) is 32.2 Å². The molecule has 0 bridgehead atoms. The summed E-state index contributed by atoms with van der Waals surface area (Å²) in [6, 6.07) is 10.6. The van der Waals surface area contributed by atoms with Crippen molar-refractivity contribution in [2.75, 3.05) is 20.5 Å². The van der Waals surface area contributed by atoms with E-state index in [0.29, 0.717) is 22.8 Å². The minimum atomic E-state index is -3.68. The van der Waals surface area contributed by atoms with Crippen molar-refractivity contribution in [1.82, 2.24) is 4.41 Å². The standard InChI is InChI=1S/C18H19FN2O4S/c1-24-12-8-9-14(18(10-12)25-2)16-11-17(21(20-16)26(3,22)23)13-6-4-5-7-15(13)19/h4-10,17H,11H2,1-3H3/t17-/m1/s1. The maximum absolute atomic E-state index is 14.3. The molecular weight excluding hydrogens is 359 g/mol. The van der Waals surface area contributed by atoms with E-state index in [-0.39, 0.29) is 12.0 Å². The number of rotatable bonds is 5. The molecule has 138 valence electrons. The highest BCUT2D eigenvalue weighted by molar-refractivity contribution is 7.88. The predicted octanol–water partition coefficient (Wildman–Crippen LogP) is 2.95. The van der Waals surface area contributed by atoms with Crippen LogP contribution in [-0.4, -0.2) is 39.0 Å². The second-order valence-electron chi connectivity index (χ2n) is 5.89. The highest BCUT2D eigenvalue weighted by atomic mass is 32.2. The molecule has 8 heteroatoms. The highest BCUT2D eigenvalue weighted by Crippen LogP contribution is 2.38. The van der Waals surface area contributed by atoms with E-state index in [4.69, 9.17) is 9.47 Å². The van der Waals surface area contributed by atoms with E-state index in [0.717, 1.165) is 10.7 Å². The first kappa shape index (κ1) is 18.2. The third-order valence-electron chi connectivity index (χ3n) is 4.20. The highest BCUT2D eigenvalue weighted by Gasteiger charge is 2.36. The molecule has 0 saturated carbocycles. The van der Waals surface area contributed by atoms with Gasteiger partial charge in [-0.2, -0.15) is 9.52 Å². The average Bonchev–Trinajstić information content (AvgIpc) is 3.06. The minimum Gasteiger partial charge on any atom is -0.497 e. The Kier molecular flexibility index (Phi) is 4.86. The summed E-state index contributed by atoms with van der Waals surface area (Å²) in [5.74, 6) is 0.643. The van der Waals surface area contributed by atoms with Crippen molar-refractivity contribution in [3.63, 3.8) is 0 Å². The van der Waals surface area contributed by atoms with Crippen molar-refractivity contribution in [3.05, 3.63) is 59.4 Å². The zero-order valence-electron chi connectivity index (χ0n) is 14.6. The second-order valence-corrected chi connectivity index (χ2v) is 7.73. The van der Waals surface area contributed by atoms with Gasteiger partial charge < -0.3 is 9.47 Å². The van der Waals surface area contributed by atoms with Crippen LogP contribution in [-0.2, 0) is 10.0 Å². The van der Waals surface area contributed by atoms with Gasteiger partial charge in [-0.3, -0.25) is 0 Å². The molecule has 1 aliphatic rings. The van der Waals surface area contributed by atoms with Gasteiger partial charge in [-0.05, 0) is 18.2 Å². The Labute approximate surface area is 151 Å². The van der Waals surface area contributed by atoms with E-state index in [2.05, 4.69) is 5.10 Å². The lowest BCUT2D eigenvalue weighted by Crippen LogP contribution is -2.26. The SMILES string of the molecule is COc1ccc(C2=NN(S(C)(=O)=O)[C@@H](c3ccccc3F)C2)c(OC)c1. The number of nitrogens with zero attached hydrogens (tertiary/aromatic N) is 2. The molecule has 0 aliphatic carbocycles. The lowest BCUT2D eigenvalue weighted by atomic mass is 9.98. The summed E-state index contributed by atoms with van der Waals surface area (Å²) in [5.41, 5.74) is 1.42. The van der Waals surface area contributed by atoms with Gasteiger partial charge in [-0.15, -0.1) is 0 Å². The molecule has 3 rings (SSSR count). The topological polar surface area (TPSA) is 68.2 Å². The van der Waals surface area contributed by atoms with Crippen LogP contribution in [0.25, 0.3) is 0 Å². The van der Waals surface area contributed by atoms with Gasteiger partial charge in [0.1, 0.15) is 17.3 Å². The first-order chi connectivity index (χ1) is 12.3. The molecule has 0 N–H and O–H groups in total. The van der Waals surface area contributed by atoms with Gasteiger partial charge in [0.25, 0.3) is 0 Å². The maximum Gasteiger partial charge on any atom is 0.247 e. The third-order valence-corrected chi connectivity index (χ3v) is 5.21. The summed E-state index contributed by atoms with van der Waals surface area (Å²) >= 11 is 0. The summed E-state index contributed by atoms with van der Waals surface area (Å²) in [4.78, 5) is 0. The number of benzene rings is 2. The van der Waals surface area contributed by atoms with Crippen LogP contribution in [0.4, 0.5) is 4.39 Å². The predicted molar refractivity (Wildman–Crippen MR) is 96.5 cm³/mol. The fourth-order valence-electron chi connectivity index (χ4n) is 2.97. The summed E-state index contributed by atoms with van der Waals surface area (Å²) in [6.45, 7) is 0. The minimum absolute atomic E-state index is 0.233. The zero-order chi connectivity index (χ0) is 18.9. The number of methoxy groups -OCH3 is 2. The third kappa shape index (κ3) is 3.37. The Bertz CT molecular complexity index is 959. The van der Waals surface area contributed by atoms with Crippen LogP contribution >= 0.6 is 0 Å². The molecule has 0 fully saturated rings. The van der Waals surface area contributed by atoms with Gasteiger partial charge in [-0.25, -0.2) is 12.8 Å². The molecule has 26 heavy (non-hydrogen) atoms. The number of halogens is 1. The lowest BCUT2D eigenvalue weighted by molar-refractivity contribution is 0.365. The van der Waals surface area contributed by atoms with Crippen molar-refractivity contribution in [2.24, 2.45) is 5.10 Å². The molecule has 1 heterocycles. The molecule has 6 nitrogen and oxygen atoms in total. The van der Waals surface area contributed by atoms with Crippen molar-refractivity contribution < 1.29 is 22.3 Å². The molecule has 1 atom stereocenters. The molecule has 0 amide bonds. The van der Waals surface area contributed by atoms with Crippen LogP contribution in [0.2, 0.25) is 0 Å². The number of hydrogen-bond acceptors (Lipinski definition) is 5.